The van der Waals surface area contributed by atoms with Crippen molar-refractivity contribution in [3.8, 4) is 10.6 Å². The van der Waals surface area contributed by atoms with Gasteiger partial charge in [-0.3, -0.25) is 9.78 Å². The van der Waals surface area contributed by atoms with E-state index in [-0.39, 0.29) is 5.91 Å². The summed E-state index contributed by atoms with van der Waals surface area (Å²) in [6.07, 6.45) is 5.51. The average Bonchev–Trinajstić information content (AvgIpc) is 2.79. The van der Waals surface area contributed by atoms with Crippen molar-refractivity contribution in [2.45, 2.75) is 13.3 Å². The number of nitrogens with one attached hydrogen (secondary N) is 1. The number of thiazole rings is 1. The van der Waals surface area contributed by atoms with Crippen molar-refractivity contribution in [3.63, 3.8) is 0 Å². The molecule has 0 aromatic carbocycles. The second-order valence-corrected chi connectivity index (χ2v) is 5.12. The number of carbonyl (C=O) groups is 1. The van der Waals surface area contributed by atoms with E-state index in [1.54, 1.807) is 29.8 Å². The fourth-order valence-electron chi connectivity index (χ4n) is 1.60. The number of hydrogen-bond donors (Lipinski definition) is 1. The summed E-state index contributed by atoms with van der Waals surface area (Å²) >= 11 is 1.55. The van der Waals surface area contributed by atoms with Crippen molar-refractivity contribution in [1.82, 2.24) is 15.3 Å². The molecular formula is C14H15N3OS. The lowest BCUT2D eigenvalue weighted by Crippen LogP contribution is -2.24. The Bertz CT molecular complexity index is 578. The molecule has 1 amide bonds. The minimum absolute atomic E-state index is 0.00655. The molecule has 0 radical (unpaired) electrons. The van der Waals surface area contributed by atoms with Crippen LogP contribution in [0.1, 0.15) is 10.6 Å². The summed E-state index contributed by atoms with van der Waals surface area (Å²) in [5.41, 5.74) is 1.94. The first-order chi connectivity index (χ1) is 9.20. The Morgan fingerprint density at radius 1 is 1.47 bits per heavy atom. The summed E-state index contributed by atoms with van der Waals surface area (Å²) in [7, 11) is 0. The number of carbonyl (C=O) groups excluding carboxylic acids is 1. The molecule has 0 spiro atoms. The molecule has 2 aromatic heterocycles. The fourth-order valence-corrected chi connectivity index (χ4v) is 2.67. The Balaban J connectivity index is 2.13. The molecule has 2 heterocycles. The molecule has 2 rings (SSSR count). The van der Waals surface area contributed by atoms with Crippen molar-refractivity contribution in [3.05, 3.63) is 47.8 Å². The zero-order valence-electron chi connectivity index (χ0n) is 10.7. The molecular weight excluding hydrogens is 258 g/mol. The molecule has 0 atom stereocenters. The van der Waals surface area contributed by atoms with Gasteiger partial charge in [-0.05, 0) is 19.1 Å². The third-order valence-corrected chi connectivity index (χ3v) is 3.79. The maximum absolute atomic E-state index is 11.7. The van der Waals surface area contributed by atoms with Gasteiger partial charge in [-0.15, -0.1) is 17.9 Å². The second kappa shape index (κ2) is 6.24. The smallest absolute Gasteiger partial charge is 0.225 e. The molecule has 0 aliphatic heterocycles. The first kappa shape index (κ1) is 13.4. The molecule has 0 saturated carbocycles. The molecule has 0 saturated heterocycles. The number of amides is 1. The van der Waals surface area contributed by atoms with E-state index in [0.717, 1.165) is 21.1 Å². The summed E-state index contributed by atoms with van der Waals surface area (Å²) < 4.78 is 0. The third kappa shape index (κ3) is 3.48. The first-order valence-corrected chi connectivity index (χ1v) is 6.76. The minimum atomic E-state index is -0.00655. The van der Waals surface area contributed by atoms with Crippen LogP contribution in [0.4, 0.5) is 0 Å². The second-order valence-electron chi connectivity index (χ2n) is 4.03. The van der Waals surface area contributed by atoms with E-state index >= 15 is 0 Å². The lowest BCUT2D eigenvalue weighted by atomic mass is 10.2. The number of hydrogen-bond acceptors (Lipinski definition) is 4. The highest BCUT2D eigenvalue weighted by Gasteiger charge is 2.12. The van der Waals surface area contributed by atoms with Gasteiger partial charge in [0.2, 0.25) is 5.91 Å². The van der Waals surface area contributed by atoms with Gasteiger partial charge in [-0.2, -0.15) is 0 Å². The summed E-state index contributed by atoms with van der Waals surface area (Å²) in [5, 5.41) is 3.69. The molecule has 0 aliphatic rings. The highest BCUT2D eigenvalue weighted by Crippen LogP contribution is 2.27. The topological polar surface area (TPSA) is 54.9 Å². The largest absolute Gasteiger partial charge is 0.352 e. The lowest BCUT2D eigenvalue weighted by Gasteiger charge is -2.00. The van der Waals surface area contributed by atoms with Gasteiger partial charge < -0.3 is 5.32 Å². The third-order valence-electron chi connectivity index (χ3n) is 2.58. The van der Waals surface area contributed by atoms with Crippen molar-refractivity contribution in [2.75, 3.05) is 6.54 Å². The van der Waals surface area contributed by atoms with Crippen LogP contribution < -0.4 is 5.32 Å². The van der Waals surface area contributed by atoms with Crippen molar-refractivity contribution in [2.24, 2.45) is 0 Å². The zero-order valence-corrected chi connectivity index (χ0v) is 11.5. The van der Waals surface area contributed by atoms with E-state index in [9.17, 15) is 4.79 Å². The van der Waals surface area contributed by atoms with Gasteiger partial charge >= 0.3 is 0 Å². The van der Waals surface area contributed by atoms with Gasteiger partial charge in [0, 0.05) is 29.4 Å². The van der Waals surface area contributed by atoms with Gasteiger partial charge in [-0.1, -0.05) is 6.08 Å². The molecule has 4 nitrogen and oxygen atoms in total. The van der Waals surface area contributed by atoms with E-state index in [0.29, 0.717) is 13.0 Å². The molecule has 0 unspecified atom stereocenters. The van der Waals surface area contributed by atoms with Gasteiger partial charge in [-0.25, -0.2) is 4.98 Å². The van der Waals surface area contributed by atoms with Crippen molar-refractivity contribution < 1.29 is 4.79 Å². The molecule has 19 heavy (non-hydrogen) atoms. The summed E-state index contributed by atoms with van der Waals surface area (Å²) in [6, 6.07) is 3.83. The number of rotatable bonds is 5. The molecule has 2 aromatic rings. The quantitative estimate of drug-likeness (QED) is 0.851. The van der Waals surface area contributed by atoms with Gasteiger partial charge in [0.1, 0.15) is 5.01 Å². The lowest BCUT2D eigenvalue weighted by molar-refractivity contribution is -0.120. The van der Waals surface area contributed by atoms with Gasteiger partial charge in [0.25, 0.3) is 0 Å². The number of nitrogens with zero attached hydrogens (tertiary/aromatic N) is 2. The number of aromatic nitrogens is 2. The standard InChI is InChI=1S/C14H15N3OS/c1-3-6-16-13(18)9-12-10(2)17-14(19-12)11-4-7-15-8-5-11/h3-5,7-8H,1,6,9H2,2H3,(H,16,18). The van der Waals surface area contributed by atoms with E-state index in [1.807, 2.05) is 19.1 Å². The molecule has 1 N–H and O–H groups in total. The highest BCUT2D eigenvalue weighted by molar-refractivity contribution is 7.15. The Labute approximate surface area is 116 Å². The predicted octanol–water partition coefficient (Wildman–Crippen LogP) is 2.36. The van der Waals surface area contributed by atoms with Gasteiger partial charge in [0.05, 0.1) is 12.1 Å². The molecule has 5 heteroatoms. The number of pyridine rings is 1. The van der Waals surface area contributed by atoms with E-state index in [2.05, 4.69) is 21.9 Å². The van der Waals surface area contributed by atoms with Crippen LogP contribution >= 0.6 is 11.3 Å². The van der Waals surface area contributed by atoms with Crippen LogP contribution in [-0.4, -0.2) is 22.4 Å². The maximum Gasteiger partial charge on any atom is 0.225 e. The van der Waals surface area contributed by atoms with Crippen molar-refractivity contribution in [1.29, 1.82) is 0 Å². The maximum atomic E-state index is 11.7. The van der Waals surface area contributed by atoms with Crippen LogP contribution in [0.25, 0.3) is 10.6 Å². The van der Waals surface area contributed by atoms with Crippen LogP contribution in [0.15, 0.2) is 37.2 Å². The molecule has 0 aliphatic carbocycles. The zero-order chi connectivity index (χ0) is 13.7. The average molecular weight is 273 g/mol. The van der Waals surface area contributed by atoms with E-state index in [1.165, 1.54) is 0 Å². The van der Waals surface area contributed by atoms with Crippen molar-refractivity contribution >= 4 is 17.2 Å². The van der Waals surface area contributed by atoms with E-state index in [4.69, 9.17) is 0 Å². The van der Waals surface area contributed by atoms with Crippen LogP contribution in [0.5, 0.6) is 0 Å². The normalized spacial score (nSPS) is 10.2. The highest BCUT2D eigenvalue weighted by atomic mass is 32.1. The molecule has 98 valence electrons. The summed E-state index contributed by atoms with van der Waals surface area (Å²) in [6.45, 7) is 5.99. The van der Waals surface area contributed by atoms with E-state index < -0.39 is 0 Å². The van der Waals surface area contributed by atoms with Crippen LogP contribution in [-0.2, 0) is 11.2 Å². The SMILES string of the molecule is C=CCNC(=O)Cc1sc(-c2ccncc2)nc1C. The Morgan fingerprint density at radius 2 is 2.21 bits per heavy atom. The first-order valence-electron chi connectivity index (χ1n) is 5.95. The summed E-state index contributed by atoms with van der Waals surface area (Å²) in [4.78, 5) is 21.2. The Hall–Kier alpha value is -2.01. The minimum Gasteiger partial charge on any atom is -0.352 e. The number of aryl methyl sites for hydroxylation is 1. The predicted molar refractivity (Wildman–Crippen MR) is 77.0 cm³/mol. The fraction of sp³-hybridized carbons (Fsp3) is 0.214. The van der Waals surface area contributed by atoms with Crippen LogP contribution in [0, 0.1) is 6.92 Å². The monoisotopic (exact) mass is 273 g/mol. The van der Waals surface area contributed by atoms with Crippen LogP contribution in [0.2, 0.25) is 0 Å². The molecule has 0 fully saturated rings. The molecule has 0 bridgehead atoms. The Kier molecular flexibility index (Phi) is 4.41. The van der Waals surface area contributed by atoms with Crippen LogP contribution in [0.3, 0.4) is 0 Å². The Morgan fingerprint density at radius 3 is 2.89 bits per heavy atom. The summed E-state index contributed by atoms with van der Waals surface area (Å²) in [5.74, 6) is -0.00655. The van der Waals surface area contributed by atoms with Gasteiger partial charge in [0.15, 0.2) is 0 Å².